The second kappa shape index (κ2) is 9.29. The lowest BCUT2D eigenvalue weighted by Crippen LogP contribution is -2.20. The highest BCUT2D eigenvalue weighted by Crippen LogP contribution is 2.26. The van der Waals surface area contributed by atoms with Crippen LogP contribution in [0.15, 0.2) is 87.5 Å². The predicted octanol–water partition coefficient (Wildman–Crippen LogP) is 4.94. The van der Waals surface area contributed by atoms with Crippen molar-refractivity contribution in [2.45, 2.75) is 23.3 Å². The summed E-state index contributed by atoms with van der Waals surface area (Å²) in [6.45, 7) is 2.54. The molecule has 8 heteroatoms. The molecule has 0 aliphatic carbocycles. The number of rotatable bonds is 7. The summed E-state index contributed by atoms with van der Waals surface area (Å²) >= 11 is 6.35. The molecular formula is C25H22ClNO5S. The summed E-state index contributed by atoms with van der Waals surface area (Å²) in [5.74, 6) is 1.01. The lowest BCUT2D eigenvalue weighted by molar-refractivity contribution is 0.340. The fraction of sp³-hybridized carbons (Fsp3) is 0.160. The minimum absolute atomic E-state index is 0.00464. The Morgan fingerprint density at radius 3 is 2.33 bits per heavy atom. The Labute approximate surface area is 196 Å². The fourth-order valence-electron chi connectivity index (χ4n) is 3.62. The van der Waals surface area contributed by atoms with Gasteiger partial charge in [0, 0.05) is 17.8 Å². The van der Waals surface area contributed by atoms with Crippen LogP contribution in [0.4, 0.5) is 0 Å². The SMILES string of the molecule is CCOc1ccc2c(c1)c(=O)c(S(=O)(=O)c1ccc(OC)cc1)cn2Cc1ccccc1Cl. The van der Waals surface area contributed by atoms with Crippen LogP contribution in [-0.2, 0) is 16.4 Å². The monoisotopic (exact) mass is 483 g/mol. The van der Waals surface area contributed by atoms with Crippen LogP contribution in [-0.4, -0.2) is 26.7 Å². The topological polar surface area (TPSA) is 74.6 Å². The van der Waals surface area contributed by atoms with Crippen molar-refractivity contribution in [2.75, 3.05) is 13.7 Å². The van der Waals surface area contributed by atoms with E-state index >= 15 is 0 Å². The molecule has 0 N–H and O–H groups in total. The van der Waals surface area contributed by atoms with Crippen molar-refractivity contribution in [3.63, 3.8) is 0 Å². The van der Waals surface area contributed by atoms with E-state index in [9.17, 15) is 13.2 Å². The van der Waals surface area contributed by atoms with Crippen LogP contribution in [0.5, 0.6) is 11.5 Å². The number of halogens is 1. The Morgan fingerprint density at radius 1 is 0.970 bits per heavy atom. The summed E-state index contributed by atoms with van der Waals surface area (Å²) in [4.78, 5) is 13.1. The molecule has 0 aliphatic heterocycles. The molecule has 4 aromatic rings. The Kier molecular flexibility index (Phi) is 6.44. The summed E-state index contributed by atoms with van der Waals surface area (Å²) in [6.07, 6.45) is 1.38. The average molecular weight is 484 g/mol. The number of hydrogen-bond acceptors (Lipinski definition) is 5. The molecule has 3 aromatic carbocycles. The minimum atomic E-state index is -4.10. The normalized spacial score (nSPS) is 11.5. The second-order valence-electron chi connectivity index (χ2n) is 7.33. The lowest BCUT2D eigenvalue weighted by atomic mass is 10.1. The highest BCUT2D eigenvalue weighted by Gasteiger charge is 2.24. The van der Waals surface area contributed by atoms with Crippen molar-refractivity contribution in [2.24, 2.45) is 0 Å². The molecule has 0 fully saturated rings. The number of ether oxygens (including phenoxy) is 2. The van der Waals surface area contributed by atoms with E-state index in [0.29, 0.717) is 28.6 Å². The van der Waals surface area contributed by atoms with Crippen molar-refractivity contribution in [3.05, 3.63) is 93.7 Å². The number of nitrogens with zero attached hydrogens (tertiary/aromatic N) is 1. The first-order valence-corrected chi connectivity index (χ1v) is 12.1. The number of aromatic nitrogens is 1. The molecule has 0 aliphatic rings. The maximum absolute atomic E-state index is 13.5. The van der Waals surface area contributed by atoms with Crippen molar-refractivity contribution < 1.29 is 17.9 Å². The third-order valence-electron chi connectivity index (χ3n) is 5.29. The zero-order valence-corrected chi connectivity index (χ0v) is 19.7. The van der Waals surface area contributed by atoms with E-state index in [-0.39, 0.29) is 21.7 Å². The van der Waals surface area contributed by atoms with Crippen molar-refractivity contribution in [1.29, 1.82) is 0 Å². The van der Waals surface area contributed by atoms with Crippen molar-refractivity contribution >= 4 is 32.3 Å². The molecule has 33 heavy (non-hydrogen) atoms. The highest BCUT2D eigenvalue weighted by atomic mass is 35.5. The Balaban J connectivity index is 1.96. The van der Waals surface area contributed by atoms with Gasteiger partial charge in [-0.25, -0.2) is 8.42 Å². The van der Waals surface area contributed by atoms with E-state index in [0.717, 1.165) is 5.56 Å². The molecule has 0 amide bonds. The molecule has 0 bridgehead atoms. The zero-order valence-electron chi connectivity index (χ0n) is 18.1. The summed E-state index contributed by atoms with van der Waals surface area (Å²) in [6, 6.07) is 18.3. The largest absolute Gasteiger partial charge is 0.497 e. The fourth-order valence-corrected chi connectivity index (χ4v) is 5.18. The van der Waals surface area contributed by atoms with Crippen LogP contribution in [0.3, 0.4) is 0 Å². The van der Waals surface area contributed by atoms with Crippen LogP contribution >= 0.6 is 11.6 Å². The predicted molar refractivity (Wildman–Crippen MR) is 128 cm³/mol. The van der Waals surface area contributed by atoms with E-state index in [1.54, 1.807) is 41.0 Å². The third kappa shape index (κ3) is 4.47. The number of pyridine rings is 1. The molecule has 0 unspecified atom stereocenters. The second-order valence-corrected chi connectivity index (χ2v) is 9.66. The number of methoxy groups -OCH3 is 1. The Morgan fingerprint density at radius 2 is 1.67 bits per heavy atom. The maximum Gasteiger partial charge on any atom is 0.211 e. The van der Waals surface area contributed by atoms with Gasteiger partial charge in [0.15, 0.2) is 0 Å². The number of hydrogen-bond donors (Lipinski definition) is 0. The first-order valence-electron chi connectivity index (χ1n) is 10.3. The molecule has 4 rings (SSSR count). The Bertz CT molecular complexity index is 1480. The van der Waals surface area contributed by atoms with Gasteiger partial charge in [-0.15, -0.1) is 0 Å². The quantitative estimate of drug-likeness (QED) is 0.372. The molecule has 0 radical (unpaired) electrons. The van der Waals surface area contributed by atoms with Gasteiger partial charge in [-0.05, 0) is 61.0 Å². The van der Waals surface area contributed by atoms with E-state index in [1.165, 1.54) is 25.4 Å². The first-order chi connectivity index (χ1) is 15.8. The number of fused-ring (bicyclic) bond motifs is 1. The summed E-state index contributed by atoms with van der Waals surface area (Å²) < 4.78 is 39.3. The van der Waals surface area contributed by atoms with Gasteiger partial charge < -0.3 is 14.0 Å². The van der Waals surface area contributed by atoms with Gasteiger partial charge in [0.1, 0.15) is 16.4 Å². The van der Waals surface area contributed by atoms with Crippen LogP contribution in [0, 0.1) is 0 Å². The highest BCUT2D eigenvalue weighted by molar-refractivity contribution is 7.91. The van der Waals surface area contributed by atoms with Gasteiger partial charge in [0.25, 0.3) is 0 Å². The van der Waals surface area contributed by atoms with Gasteiger partial charge in [0.2, 0.25) is 15.3 Å². The van der Waals surface area contributed by atoms with E-state index < -0.39 is 15.3 Å². The number of benzene rings is 3. The standard InChI is InChI=1S/C25H22ClNO5S/c1-3-32-19-10-13-23-21(14-19)25(28)24(16-27(23)15-17-6-4-5-7-22(17)26)33(29,30)20-11-8-18(31-2)9-12-20/h4-14,16H,3,15H2,1-2H3. The molecule has 1 aromatic heterocycles. The summed E-state index contributed by atoms with van der Waals surface area (Å²) in [5, 5.41) is 0.803. The lowest BCUT2D eigenvalue weighted by Gasteiger charge is -2.16. The average Bonchev–Trinajstić information content (AvgIpc) is 2.82. The van der Waals surface area contributed by atoms with Gasteiger partial charge in [-0.2, -0.15) is 0 Å². The van der Waals surface area contributed by atoms with Crippen LogP contribution in [0.2, 0.25) is 5.02 Å². The van der Waals surface area contributed by atoms with Crippen LogP contribution < -0.4 is 14.9 Å². The molecule has 1 heterocycles. The van der Waals surface area contributed by atoms with E-state index in [1.807, 2.05) is 25.1 Å². The molecule has 170 valence electrons. The van der Waals surface area contributed by atoms with E-state index in [2.05, 4.69) is 0 Å². The smallest absolute Gasteiger partial charge is 0.211 e. The maximum atomic E-state index is 13.5. The first kappa shape index (κ1) is 22.9. The van der Waals surface area contributed by atoms with Gasteiger partial charge in [-0.1, -0.05) is 29.8 Å². The van der Waals surface area contributed by atoms with Gasteiger partial charge in [0.05, 0.1) is 29.5 Å². The molecule has 0 spiro atoms. The minimum Gasteiger partial charge on any atom is -0.497 e. The van der Waals surface area contributed by atoms with E-state index in [4.69, 9.17) is 21.1 Å². The van der Waals surface area contributed by atoms with Crippen molar-refractivity contribution in [3.8, 4) is 11.5 Å². The van der Waals surface area contributed by atoms with Gasteiger partial charge in [-0.3, -0.25) is 4.79 Å². The molecule has 0 saturated carbocycles. The van der Waals surface area contributed by atoms with Crippen molar-refractivity contribution in [1.82, 2.24) is 4.57 Å². The molecule has 0 atom stereocenters. The number of sulfone groups is 1. The summed E-state index contributed by atoms with van der Waals surface area (Å²) in [7, 11) is -2.60. The molecular weight excluding hydrogens is 462 g/mol. The summed E-state index contributed by atoms with van der Waals surface area (Å²) in [5.41, 5.74) is 0.792. The zero-order chi connectivity index (χ0) is 23.6. The molecule has 6 nitrogen and oxygen atoms in total. The molecule has 0 saturated heterocycles. The third-order valence-corrected chi connectivity index (χ3v) is 7.42. The van der Waals surface area contributed by atoms with Gasteiger partial charge >= 0.3 is 0 Å². The Hall–Kier alpha value is -3.29. The van der Waals surface area contributed by atoms with Crippen LogP contribution in [0.1, 0.15) is 12.5 Å². The van der Waals surface area contributed by atoms with Crippen LogP contribution in [0.25, 0.3) is 10.9 Å².